The summed E-state index contributed by atoms with van der Waals surface area (Å²) in [5, 5.41) is 8.80. The van der Waals surface area contributed by atoms with Crippen molar-refractivity contribution < 1.29 is 47.5 Å². The van der Waals surface area contributed by atoms with Crippen molar-refractivity contribution in [2.75, 3.05) is 19.8 Å². The van der Waals surface area contributed by atoms with Crippen molar-refractivity contribution in [2.45, 2.75) is 154 Å². The molecule has 0 heterocycles. The molecule has 0 spiro atoms. The fraction of sp³-hybridized carbons (Fsp3) is 0.900. The van der Waals surface area contributed by atoms with Gasteiger partial charge in [0, 0.05) is 42.4 Å². The molecule has 0 amide bonds. The van der Waals surface area contributed by atoms with Crippen molar-refractivity contribution in [2.24, 2.45) is 5.73 Å². The largest absolute Gasteiger partial charge is 0.480 e. The van der Waals surface area contributed by atoms with E-state index in [2.05, 4.69) is 18.4 Å². The van der Waals surface area contributed by atoms with Gasteiger partial charge in [0.05, 0.1) is 13.2 Å². The third kappa shape index (κ3) is 29.9. The summed E-state index contributed by atoms with van der Waals surface area (Å²) in [6.45, 7) is 2.71. The quantitative estimate of drug-likeness (QED) is 0.0339. The molecule has 0 saturated heterocycles. The number of carboxylic acid groups (broad SMARTS) is 1. The molecule has 0 aromatic rings. The smallest absolute Gasteiger partial charge is 0.472 e. The zero-order chi connectivity index (χ0) is 31.5. The van der Waals surface area contributed by atoms with Crippen LogP contribution in [-0.4, -0.2) is 89.4 Å². The first-order valence-corrected chi connectivity index (χ1v) is 17.6. The van der Waals surface area contributed by atoms with Crippen molar-refractivity contribution >= 4 is 55.3 Å². The monoisotopic (exact) mass is 646 g/mol. The van der Waals surface area contributed by atoms with Crippen LogP contribution in [0.15, 0.2) is 0 Å². The fourth-order valence-electron chi connectivity index (χ4n) is 4.24. The molecule has 249 valence electrons. The van der Waals surface area contributed by atoms with E-state index in [-0.39, 0.29) is 49.0 Å². The van der Waals surface area contributed by atoms with E-state index in [9.17, 15) is 23.8 Å². The van der Waals surface area contributed by atoms with Crippen LogP contribution in [0.25, 0.3) is 0 Å². The molecular formula is C30H58NNaO10P. The zero-order valence-electron chi connectivity index (χ0n) is 27.1. The maximum absolute atomic E-state index is 12.4. The number of rotatable bonds is 30. The van der Waals surface area contributed by atoms with E-state index in [4.69, 9.17) is 24.8 Å². The van der Waals surface area contributed by atoms with Gasteiger partial charge in [0.1, 0.15) is 12.6 Å². The minimum absolute atomic E-state index is 0. The normalized spacial score (nSPS) is 13.9. The topological polar surface area (TPSA) is 172 Å². The number of carbonyl (C=O) groups excluding carboxylic acids is 2. The van der Waals surface area contributed by atoms with E-state index in [0.29, 0.717) is 12.8 Å². The second kappa shape index (κ2) is 30.2. The Labute approximate surface area is 281 Å². The summed E-state index contributed by atoms with van der Waals surface area (Å²) in [7, 11) is -4.69. The molecule has 0 aromatic carbocycles. The number of aliphatic carboxylic acids is 1. The Balaban J connectivity index is 0. The molecule has 0 aromatic heterocycles. The van der Waals surface area contributed by atoms with Crippen LogP contribution in [0, 0.1) is 0 Å². The summed E-state index contributed by atoms with van der Waals surface area (Å²) in [6.07, 6.45) is 19.2. The number of esters is 2. The first-order chi connectivity index (χ1) is 20.1. The SMILES string of the molecule is CCCCCCCCCCCC(=O)OC[C@H](COP(=O)(O)OC[C@H](N)C(=O)O)OC(=O)CCCCCCCCCCC.[Na]. The molecule has 13 heteroatoms. The minimum atomic E-state index is -4.69. The van der Waals surface area contributed by atoms with Crippen LogP contribution in [0.1, 0.15) is 142 Å². The Morgan fingerprint density at radius 1 is 0.651 bits per heavy atom. The van der Waals surface area contributed by atoms with Gasteiger partial charge in [0.2, 0.25) is 0 Å². The zero-order valence-corrected chi connectivity index (χ0v) is 30.0. The first-order valence-electron chi connectivity index (χ1n) is 16.1. The molecule has 4 N–H and O–H groups in total. The molecule has 1 radical (unpaired) electrons. The number of phosphoric acid groups is 1. The molecule has 11 nitrogen and oxygen atoms in total. The average Bonchev–Trinajstić information content (AvgIpc) is 2.95. The molecule has 0 rings (SSSR count). The number of unbranched alkanes of at least 4 members (excludes halogenated alkanes) is 16. The number of carboxylic acids is 1. The Morgan fingerprint density at radius 3 is 1.49 bits per heavy atom. The van der Waals surface area contributed by atoms with Crippen LogP contribution in [0.3, 0.4) is 0 Å². The van der Waals surface area contributed by atoms with Gasteiger partial charge in [0.25, 0.3) is 0 Å². The molecule has 0 fully saturated rings. The molecule has 0 aliphatic rings. The molecule has 0 saturated carbocycles. The molecule has 0 bridgehead atoms. The van der Waals surface area contributed by atoms with Gasteiger partial charge in [0.15, 0.2) is 6.10 Å². The second-order valence-corrected chi connectivity index (χ2v) is 12.4. The summed E-state index contributed by atoms with van der Waals surface area (Å²) in [6, 6.07) is -1.51. The maximum Gasteiger partial charge on any atom is 0.472 e. The number of carbonyl (C=O) groups is 3. The van der Waals surface area contributed by atoms with Crippen molar-refractivity contribution in [3.8, 4) is 0 Å². The van der Waals surface area contributed by atoms with Crippen molar-refractivity contribution in [1.29, 1.82) is 0 Å². The molecule has 0 aliphatic heterocycles. The van der Waals surface area contributed by atoms with Crippen molar-refractivity contribution in [3.63, 3.8) is 0 Å². The summed E-state index contributed by atoms with van der Waals surface area (Å²) in [4.78, 5) is 45.3. The van der Waals surface area contributed by atoms with Gasteiger partial charge < -0.3 is 25.2 Å². The Kier molecular flexibility index (Phi) is 31.3. The molecular weight excluding hydrogens is 588 g/mol. The summed E-state index contributed by atoms with van der Waals surface area (Å²) in [5.41, 5.74) is 5.28. The average molecular weight is 647 g/mol. The summed E-state index contributed by atoms with van der Waals surface area (Å²) in [5.74, 6) is -2.38. The van der Waals surface area contributed by atoms with E-state index in [1.807, 2.05) is 0 Å². The molecule has 0 aliphatic carbocycles. The van der Waals surface area contributed by atoms with Gasteiger partial charge in [-0.2, -0.15) is 0 Å². The van der Waals surface area contributed by atoms with Crippen molar-refractivity contribution in [3.05, 3.63) is 0 Å². The van der Waals surface area contributed by atoms with Gasteiger partial charge >= 0.3 is 25.7 Å². The van der Waals surface area contributed by atoms with E-state index in [0.717, 1.165) is 38.5 Å². The number of ether oxygens (including phenoxy) is 2. The Morgan fingerprint density at radius 2 is 1.05 bits per heavy atom. The third-order valence-corrected chi connectivity index (χ3v) is 7.81. The van der Waals surface area contributed by atoms with E-state index >= 15 is 0 Å². The van der Waals surface area contributed by atoms with Gasteiger partial charge in [-0.15, -0.1) is 0 Å². The van der Waals surface area contributed by atoms with E-state index < -0.39 is 51.1 Å². The Bertz CT molecular complexity index is 758. The number of hydrogen-bond donors (Lipinski definition) is 3. The number of phosphoric ester groups is 1. The summed E-state index contributed by atoms with van der Waals surface area (Å²) < 4.78 is 32.3. The van der Waals surface area contributed by atoms with Crippen LogP contribution < -0.4 is 5.73 Å². The maximum atomic E-state index is 12.4. The van der Waals surface area contributed by atoms with Gasteiger partial charge in [-0.3, -0.25) is 23.4 Å². The molecule has 1 unspecified atom stereocenters. The predicted molar refractivity (Wildman–Crippen MR) is 168 cm³/mol. The van der Waals surface area contributed by atoms with Crippen molar-refractivity contribution in [1.82, 2.24) is 0 Å². The predicted octanol–water partition coefficient (Wildman–Crippen LogP) is 6.45. The molecule has 3 atom stereocenters. The van der Waals surface area contributed by atoms with Crippen LogP contribution in [0.5, 0.6) is 0 Å². The van der Waals surface area contributed by atoms with Gasteiger partial charge in [-0.05, 0) is 12.8 Å². The summed E-state index contributed by atoms with van der Waals surface area (Å²) >= 11 is 0. The van der Waals surface area contributed by atoms with Gasteiger partial charge in [-0.1, -0.05) is 117 Å². The van der Waals surface area contributed by atoms with E-state index in [1.165, 1.54) is 64.2 Å². The number of nitrogens with two attached hydrogens (primary N) is 1. The number of hydrogen-bond acceptors (Lipinski definition) is 9. The van der Waals surface area contributed by atoms with Gasteiger partial charge in [-0.25, -0.2) is 4.57 Å². The molecule has 43 heavy (non-hydrogen) atoms. The second-order valence-electron chi connectivity index (χ2n) is 11.0. The van der Waals surface area contributed by atoms with Crippen LogP contribution in [0.4, 0.5) is 0 Å². The van der Waals surface area contributed by atoms with Crippen LogP contribution in [-0.2, 0) is 37.5 Å². The minimum Gasteiger partial charge on any atom is -0.480 e. The first kappa shape index (κ1) is 44.6. The fourth-order valence-corrected chi connectivity index (χ4v) is 5.02. The van der Waals surface area contributed by atoms with E-state index in [1.54, 1.807) is 0 Å². The van der Waals surface area contributed by atoms with Crippen LogP contribution >= 0.6 is 7.82 Å². The standard InChI is InChI=1S/C30H58NO10P.Na/c1-3-5-7-9-11-13-15-17-19-21-28(32)38-23-26(24-39-42(36,37)40-25-27(31)30(34)35)41-29(33)22-20-18-16-14-12-10-8-6-4-2;/h26-27H,3-25,31H2,1-2H3,(H,34,35)(H,36,37);/t26-,27+;/m1./s1. The van der Waals surface area contributed by atoms with Crippen LogP contribution in [0.2, 0.25) is 0 Å². The Hall–Kier alpha value is -0.520. The third-order valence-electron chi connectivity index (χ3n) is 6.86.